The molecule has 0 aromatic rings. The molecule has 3 N–H and O–H groups in total. The molecule has 0 aliphatic heterocycles. The summed E-state index contributed by atoms with van der Waals surface area (Å²) in [4.78, 5) is 0. The summed E-state index contributed by atoms with van der Waals surface area (Å²) in [5.41, 5.74) is 4.89. The molecule has 0 saturated carbocycles. The average Bonchev–Trinajstić information content (AvgIpc) is 1.41. The molecule has 2 heteroatoms. The average molecular weight is 62.1 g/mol. The quantitative estimate of drug-likeness (QED) is 0.428. The number of hydrogen-bond donors (Lipinski definition) is 2. The second-order valence-electron chi connectivity index (χ2n) is 0.493. The Morgan fingerprint density at radius 3 is 3.00 bits per heavy atom. The first-order valence-corrected chi connectivity index (χ1v) is 1.20. The first kappa shape index (κ1) is 2.18. The largest absolute Gasteiger partial charge is 0.395 e. The Hall–Kier alpha value is -0.0800. The van der Waals surface area contributed by atoms with Gasteiger partial charge in [0.1, 0.15) is 0 Å². The van der Waals surface area contributed by atoms with E-state index in [4.69, 9.17) is 7.16 Å². The minimum absolute atomic E-state index is 0.333. The smallest absolute Gasteiger partial charge is 0.210 e. The fourth-order valence-electron chi connectivity index (χ4n) is 0. The molecule has 0 aliphatic rings. The van der Waals surface area contributed by atoms with Crippen molar-refractivity contribution in [2.45, 2.75) is 0 Å². The van der Waals surface area contributed by atoms with Crippen molar-refractivity contribution in [1.29, 1.82) is 1.43 Å². The Labute approximate surface area is 26.7 Å². The lowest BCUT2D eigenvalue weighted by molar-refractivity contribution is 0.306. The summed E-state index contributed by atoms with van der Waals surface area (Å²) < 4.78 is 6.02. The summed E-state index contributed by atoms with van der Waals surface area (Å²) in [6.07, 6.45) is 0. The number of aliphatic hydroxyl groups is 1. The van der Waals surface area contributed by atoms with Gasteiger partial charge >= 0.3 is 0 Å². The highest BCUT2D eigenvalue weighted by Gasteiger charge is 1.56. The fourth-order valence-corrected chi connectivity index (χ4v) is 0. The van der Waals surface area contributed by atoms with Gasteiger partial charge in [0.15, 0.2) is 0 Å². The van der Waals surface area contributed by atoms with Crippen LogP contribution < -0.4 is 5.73 Å². The van der Waals surface area contributed by atoms with Crippen molar-refractivity contribution in [2.75, 3.05) is 13.2 Å². The first-order valence-electron chi connectivity index (χ1n) is 1.61. The highest BCUT2D eigenvalue weighted by atomic mass is 16.3. The van der Waals surface area contributed by atoms with E-state index in [2.05, 4.69) is 5.11 Å². The van der Waals surface area contributed by atoms with Crippen molar-refractivity contribution in [3.8, 4) is 0 Å². The van der Waals surface area contributed by atoms with Gasteiger partial charge in [0.25, 0.3) is 0 Å². The van der Waals surface area contributed by atoms with Crippen LogP contribution in [0.5, 0.6) is 0 Å². The van der Waals surface area contributed by atoms with Crippen LogP contribution in [-0.2, 0) is 0 Å². The highest BCUT2D eigenvalue weighted by molar-refractivity contribution is 4.17. The van der Waals surface area contributed by atoms with Gasteiger partial charge in [-0.3, -0.25) is 0 Å². The Bertz CT molecular complexity index is 17.1. The van der Waals surface area contributed by atoms with E-state index in [9.17, 15) is 0 Å². The normalized spacial score (nSPS) is 10.8. The molecule has 0 radical (unpaired) electrons. The van der Waals surface area contributed by atoms with Gasteiger partial charge < -0.3 is 10.8 Å². The second-order valence-corrected chi connectivity index (χ2v) is 0.493. The van der Waals surface area contributed by atoms with E-state index in [1.54, 1.807) is 0 Å². The van der Waals surface area contributed by atoms with E-state index in [-0.39, 0.29) is 0 Å². The van der Waals surface area contributed by atoms with Gasteiger partial charge in [0.05, 0.1) is 6.61 Å². The number of hydrogen-bond acceptors (Lipinski definition) is 2. The van der Waals surface area contributed by atoms with Gasteiger partial charge in [-0.05, 0) is 0 Å². The van der Waals surface area contributed by atoms with Gasteiger partial charge in [-0.15, -0.1) is 0 Å². The van der Waals surface area contributed by atoms with Crippen LogP contribution in [0.4, 0.5) is 0 Å². The van der Waals surface area contributed by atoms with E-state index in [0.717, 1.165) is 0 Å². The molecule has 4 heavy (non-hydrogen) atoms. The van der Waals surface area contributed by atoms with Crippen LogP contribution in [0.2, 0.25) is 0 Å². The minimum atomic E-state index is 0.333. The fraction of sp³-hybridized carbons (Fsp3) is 1.00. The van der Waals surface area contributed by atoms with Crippen LogP contribution in [0, 0.1) is 0 Å². The predicted molar refractivity (Wildman–Crippen MR) is 16.1 cm³/mol. The lowest BCUT2D eigenvalue weighted by atomic mass is 10.8. The number of rotatable bonds is 2. The molecule has 26 valence electrons. The topological polar surface area (TPSA) is 46.2 Å². The maximum absolute atomic E-state index is 6.02. The van der Waals surface area contributed by atoms with E-state index >= 15 is 0 Å². The number of nitrogens with two attached hydrogens (primary N) is 1. The van der Waals surface area contributed by atoms with Crippen LogP contribution in [0.15, 0.2) is 0 Å². The molecular weight excluding hydrogens is 54.0 g/mol. The molecule has 2 nitrogen and oxygen atoms in total. The summed E-state index contributed by atoms with van der Waals surface area (Å²) in [6.45, 7) is 0.767. The van der Waals surface area contributed by atoms with Crippen LogP contribution in [-0.4, -0.2) is 19.7 Å². The molecule has 0 spiro atoms. The molecule has 0 fully saturated rings. The molecule has 0 bridgehead atoms. The van der Waals surface area contributed by atoms with Crippen LogP contribution in [0.1, 0.15) is 0 Å². The molecule has 0 atom stereocenters. The maximum Gasteiger partial charge on any atom is 0.210 e. The lowest BCUT2D eigenvalue weighted by Gasteiger charge is -1.71. The summed E-state index contributed by atoms with van der Waals surface area (Å²) >= 11 is 0. The molecule has 0 heterocycles. The zero-order chi connectivity index (χ0) is 4.12. The monoisotopic (exact) mass is 62.1 g/mol. The molecule has 0 amide bonds. The molecule has 0 aliphatic carbocycles. The summed E-state index contributed by atoms with van der Waals surface area (Å²) in [5.74, 6) is 0. The SMILES string of the molecule is [2H]OCCN. The maximum atomic E-state index is 6.02. The minimum Gasteiger partial charge on any atom is -0.395 e. The zero-order valence-electron chi connectivity index (χ0n) is 3.40. The lowest BCUT2D eigenvalue weighted by Crippen LogP contribution is -2.02. The van der Waals surface area contributed by atoms with E-state index in [1.165, 1.54) is 0 Å². The van der Waals surface area contributed by atoms with Crippen LogP contribution >= 0.6 is 0 Å². The zero-order valence-corrected chi connectivity index (χ0v) is 2.40. The predicted octanol–water partition coefficient (Wildman–Crippen LogP) is -1.06. The molecule has 0 aromatic heterocycles. The Morgan fingerprint density at radius 1 is 2.25 bits per heavy atom. The molecule has 0 aromatic carbocycles. The third-order valence-electron chi connectivity index (χ3n) is 0.118. The number of aliphatic hydroxyl groups excluding tert-OH is 1. The summed E-state index contributed by atoms with van der Waals surface area (Å²) in [7, 11) is 0. The van der Waals surface area contributed by atoms with Crippen molar-refractivity contribution in [2.24, 2.45) is 5.73 Å². The van der Waals surface area contributed by atoms with E-state index in [1.807, 2.05) is 0 Å². The van der Waals surface area contributed by atoms with Crippen molar-refractivity contribution in [3.05, 3.63) is 0 Å². The standard InChI is InChI=1S/C2H7NO/c3-1-2-4/h4H,1-3H2/i4D. The third-order valence-corrected chi connectivity index (χ3v) is 0.118. The van der Waals surface area contributed by atoms with Crippen molar-refractivity contribution in [3.63, 3.8) is 0 Å². The molecule has 0 unspecified atom stereocenters. The van der Waals surface area contributed by atoms with Gasteiger partial charge in [-0.25, -0.2) is 0 Å². The van der Waals surface area contributed by atoms with Gasteiger partial charge in [0.2, 0.25) is 1.43 Å². The molecule has 0 rings (SSSR count). The second kappa shape index (κ2) is 2.92. The van der Waals surface area contributed by atoms with Crippen molar-refractivity contribution < 1.29 is 5.11 Å². The summed E-state index contributed by atoms with van der Waals surface area (Å²) in [5, 5.41) is 3.82. The Morgan fingerprint density at radius 2 is 3.00 bits per heavy atom. The molecule has 0 saturated heterocycles. The van der Waals surface area contributed by atoms with E-state index < -0.39 is 0 Å². The van der Waals surface area contributed by atoms with Crippen molar-refractivity contribution in [1.82, 2.24) is 0 Å². The van der Waals surface area contributed by atoms with Gasteiger partial charge in [0, 0.05) is 6.54 Å². The van der Waals surface area contributed by atoms with Gasteiger partial charge in [-0.1, -0.05) is 0 Å². The highest BCUT2D eigenvalue weighted by Crippen LogP contribution is 1.33. The third kappa shape index (κ3) is 1.92. The van der Waals surface area contributed by atoms with Crippen molar-refractivity contribution >= 4 is 0 Å². The van der Waals surface area contributed by atoms with Crippen LogP contribution in [0.3, 0.4) is 0 Å². The first-order chi connectivity index (χ1) is 2.41. The Balaban J connectivity index is 2.19. The summed E-state index contributed by atoms with van der Waals surface area (Å²) in [6, 6.07) is 0. The van der Waals surface area contributed by atoms with E-state index in [0.29, 0.717) is 13.2 Å². The van der Waals surface area contributed by atoms with Gasteiger partial charge in [-0.2, -0.15) is 0 Å². The van der Waals surface area contributed by atoms with Crippen LogP contribution in [0.25, 0.3) is 0 Å². The Kier molecular flexibility index (Phi) is 1.59. The molecular formula is C2H7NO.